The number of hydrogen-bond donors (Lipinski definition) is 1. The molecule has 0 fully saturated rings. The largest absolute Gasteiger partial charge is 0.339 e. The van der Waals surface area contributed by atoms with E-state index in [1.54, 1.807) is 0 Å². The van der Waals surface area contributed by atoms with E-state index in [9.17, 15) is 0 Å². The van der Waals surface area contributed by atoms with E-state index in [-0.39, 0.29) is 0 Å². The van der Waals surface area contributed by atoms with Gasteiger partial charge in [-0.1, -0.05) is 32.3 Å². The lowest BCUT2D eigenvalue weighted by atomic mass is 10.0. The maximum Gasteiger partial charge on any atom is 0.226 e. The average Bonchev–Trinajstić information content (AvgIpc) is 2.70. The fraction of sp³-hybridized carbons (Fsp3) is 0.833. The van der Waals surface area contributed by atoms with Crippen LogP contribution in [0.25, 0.3) is 0 Å². The molecule has 2 N–H and O–H groups in total. The molecule has 0 saturated carbocycles. The lowest BCUT2D eigenvalue weighted by molar-refractivity contribution is 0.346. The van der Waals surface area contributed by atoms with Crippen LogP contribution >= 0.6 is 0 Å². The standard InChI is InChI=1S/C12H23N3O/c1-4-10(8-13)7-12-14-11(15-16-12)6-5-9(2)3/h9-10H,4-8,13H2,1-3H3. The van der Waals surface area contributed by atoms with Gasteiger partial charge in [0.05, 0.1) is 0 Å². The molecule has 4 heteroatoms. The smallest absolute Gasteiger partial charge is 0.226 e. The predicted octanol–water partition coefficient (Wildman–Crippen LogP) is 2.19. The molecule has 1 aromatic heterocycles. The zero-order chi connectivity index (χ0) is 12.0. The molecule has 0 spiro atoms. The van der Waals surface area contributed by atoms with Gasteiger partial charge < -0.3 is 10.3 Å². The summed E-state index contributed by atoms with van der Waals surface area (Å²) in [7, 11) is 0. The van der Waals surface area contributed by atoms with E-state index < -0.39 is 0 Å². The fourth-order valence-electron chi connectivity index (χ4n) is 1.53. The highest BCUT2D eigenvalue weighted by atomic mass is 16.5. The summed E-state index contributed by atoms with van der Waals surface area (Å²) >= 11 is 0. The lowest BCUT2D eigenvalue weighted by Crippen LogP contribution is -2.16. The highest BCUT2D eigenvalue weighted by Crippen LogP contribution is 2.11. The maximum absolute atomic E-state index is 5.65. The first-order chi connectivity index (χ1) is 7.65. The molecule has 0 aliphatic carbocycles. The Labute approximate surface area is 97.6 Å². The molecule has 1 aromatic rings. The predicted molar refractivity (Wildman–Crippen MR) is 64.0 cm³/mol. The van der Waals surface area contributed by atoms with Gasteiger partial charge in [-0.05, 0) is 24.8 Å². The third-order valence-electron chi connectivity index (χ3n) is 2.83. The summed E-state index contributed by atoms with van der Waals surface area (Å²) in [5.41, 5.74) is 5.65. The molecule has 1 unspecified atom stereocenters. The SMILES string of the molecule is CCC(CN)Cc1nc(CCC(C)C)no1. The Bertz CT molecular complexity index is 292. The van der Waals surface area contributed by atoms with Crippen LogP contribution in [-0.4, -0.2) is 16.7 Å². The Morgan fingerprint density at radius 3 is 2.69 bits per heavy atom. The summed E-state index contributed by atoms with van der Waals surface area (Å²) in [6.07, 6.45) is 3.87. The van der Waals surface area contributed by atoms with Gasteiger partial charge in [-0.3, -0.25) is 0 Å². The van der Waals surface area contributed by atoms with Crippen LogP contribution in [0.4, 0.5) is 0 Å². The molecule has 92 valence electrons. The Hall–Kier alpha value is -0.900. The number of aryl methyl sites for hydroxylation is 1. The van der Waals surface area contributed by atoms with Gasteiger partial charge in [0.2, 0.25) is 5.89 Å². The highest BCUT2D eigenvalue weighted by molar-refractivity contribution is 4.88. The van der Waals surface area contributed by atoms with E-state index in [1.807, 2.05) is 0 Å². The third-order valence-corrected chi connectivity index (χ3v) is 2.83. The van der Waals surface area contributed by atoms with Gasteiger partial charge in [0, 0.05) is 12.8 Å². The fourth-order valence-corrected chi connectivity index (χ4v) is 1.53. The second-order valence-corrected chi connectivity index (χ2v) is 4.75. The van der Waals surface area contributed by atoms with E-state index in [4.69, 9.17) is 10.3 Å². The molecular weight excluding hydrogens is 202 g/mol. The first-order valence-corrected chi connectivity index (χ1v) is 6.17. The van der Waals surface area contributed by atoms with Crippen molar-refractivity contribution in [3.8, 4) is 0 Å². The number of nitrogens with zero attached hydrogens (tertiary/aromatic N) is 2. The molecule has 0 radical (unpaired) electrons. The molecule has 0 aliphatic rings. The third kappa shape index (κ3) is 4.31. The Morgan fingerprint density at radius 1 is 1.38 bits per heavy atom. The summed E-state index contributed by atoms with van der Waals surface area (Å²) in [6.45, 7) is 7.21. The van der Waals surface area contributed by atoms with Crippen molar-refractivity contribution in [1.29, 1.82) is 0 Å². The monoisotopic (exact) mass is 225 g/mol. The zero-order valence-corrected chi connectivity index (χ0v) is 10.6. The van der Waals surface area contributed by atoms with Gasteiger partial charge in [-0.15, -0.1) is 0 Å². The molecule has 1 atom stereocenters. The Morgan fingerprint density at radius 2 is 2.12 bits per heavy atom. The number of nitrogens with two attached hydrogens (primary N) is 1. The molecule has 0 aromatic carbocycles. The molecule has 1 heterocycles. The normalized spacial score (nSPS) is 13.3. The molecule has 16 heavy (non-hydrogen) atoms. The minimum Gasteiger partial charge on any atom is -0.339 e. The minimum absolute atomic E-state index is 0.457. The summed E-state index contributed by atoms with van der Waals surface area (Å²) < 4.78 is 5.21. The Kier molecular flexibility index (Phi) is 5.46. The zero-order valence-electron chi connectivity index (χ0n) is 10.6. The van der Waals surface area contributed by atoms with Gasteiger partial charge in [-0.25, -0.2) is 0 Å². The van der Waals surface area contributed by atoms with E-state index in [1.165, 1.54) is 0 Å². The lowest BCUT2D eigenvalue weighted by Gasteiger charge is -2.07. The summed E-state index contributed by atoms with van der Waals surface area (Å²) in [6, 6.07) is 0. The molecule has 0 amide bonds. The van der Waals surface area contributed by atoms with Crippen LogP contribution in [0.2, 0.25) is 0 Å². The molecule has 0 bridgehead atoms. The van der Waals surface area contributed by atoms with Crippen LogP contribution in [0.3, 0.4) is 0 Å². The van der Waals surface area contributed by atoms with Crippen LogP contribution < -0.4 is 5.73 Å². The maximum atomic E-state index is 5.65. The van der Waals surface area contributed by atoms with Crippen molar-refractivity contribution in [2.45, 2.75) is 46.5 Å². The van der Waals surface area contributed by atoms with E-state index >= 15 is 0 Å². The minimum atomic E-state index is 0.457. The first kappa shape index (κ1) is 13.2. The van der Waals surface area contributed by atoms with Crippen molar-refractivity contribution in [3.05, 3.63) is 11.7 Å². The summed E-state index contributed by atoms with van der Waals surface area (Å²) in [5.74, 6) is 2.69. The summed E-state index contributed by atoms with van der Waals surface area (Å²) in [5, 5.41) is 3.98. The van der Waals surface area contributed by atoms with Crippen LogP contribution in [0, 0.1) is 11.8 Å². The average molecular weight is 225 g/mol. The van der Waals surface area contributed by atoms with Gasteiger partial charge >= 0.3 is 0 Å². The first-order valence-electron chi connectivity index (χ1n) is 6.17. The van der Waals surface area contributed by atoms with E-state index in [0.717, 1.165) is 37.4 Å². The molecule has 4 nitrogen and oxygen atoms in total. The van der Waals surface area contributed by atoms with Crippen LogP contribution in [0.15, 0.2) is 4.52 Å². The van der Waals surface area contributed by atoms with Gasteiger partial charge in [0.15, 0.2) is 5.82 Å². The van der Waals surface area contributed by atoms with Crippen molar-refractivity contribution in [3.63, 3.8) is 0 Å². The topological polar surface area (TPSA) is 64.9 Å². The van der Waals surface area contributed by atoms with Gasteiger partial charge in [0.1, 0.15) is 0 Å². The van der Waals surface area contributed by atoms with E-state index in [0.29, 0.717) is 18.4 Å². The van der Waals surface area contributed by atoms with Crippen molar-refractivity contribution < 1.29 is 4.52 Å². The Balaban J connectivity index is 2.44. The number of rotatable bonds is 7. The second-order valence-electron chi connectivity index (χ2n) is 4.75. The van der Waals surface area contributed by atoms with Gasteiger partial charge in [0.25, 0.3) is 0 Å². The molecule has 1 rings (SSSR count). The van der Waals surface area contributed by atoms with Crippen molar-refractivity contribution >= 4 is 0 Å². The van der Waals surface area contributed by atoms with Crippen LogP contribution in [-0.2, 0) is 12.8 Å². The number of aromatic nitrogens is 2. The molecular formula is C12H23N3O. The molecule has 0 saturated heterocycles. The second kappa shape index (κ2) is 6.63. The highest BCUT2D eigenvalue weighted by Gasteiger charge is 2.12. The van der Waals surface area contributed by atoms with Crippen LogP contribution in [0.1, 0.15) is 45.3 Å². The van der Waals surface area contributed by atoms with Crippen molar-refractivity contribution in [2.24, 2.45) is 17.6 Å². The van der Waals surface area contributed by atoms with Gasteiger partial charge in [-0.2, -0.15) is 4.98 Å². The van der Waals surface area contributed by atoms with Crippen molar-refractivity contribution in [2.75, 3.05) is 6.54 Å². The van der Waals surface area contributed by atoms with Crippen molar-refractivity contribution in [1.82, 2.24) is 10.1 Å². The van der Waals surface area contributed by atoms with Crippen LogP contribution in [0.5, 0.6) is 0 Å². The van der Waals surface area contributed by atoms with E-state index in [2.05, 4.69) is 30.9 Å². The number of hydrogen-bond acceptors (Lipinski definition) is 4. The quantitative estimate of drug-likeness (QED) is 0.772. The summed E-state index contributed by atoms with van der Waals surface area (Å²) in [4.78, 5) is 4.38. The molecule has 0 aliphatic heterocycles.